The van der Waals surface area contributed by atoms with Crippen molar-refractivity contribution in [2.45, 2.75) is 43.7 Å². The molecule has 1 fully saturated rings. The topological polar surface area (TPSA) is 95.6 Å². The average Bonchev–Trinajstić information content (AvgIpc) is 2.86. The van der Waals surface area contributed by atoms with Crippen LogP contribution in [0.2, 0.25) is 5.02 Å². The van der Waals surface area contributed by atoms with Crippen LogP contribution in [0.1, 0.15) is 30.4 Å². The van der Waals surface area contributed by atoms with Crippen LogP contribution in [0.25, 0.3) is 0 Å². The molecule has 3 rings (SSSR count). The molecule has 2 amide bonds. The number of nitrogens with zero attached hydrogens (tertiary/aromatic N) is 1. The number of hydrogen-bond donors (Lipinski definition) is 2. The number of rotatable bonds is 10. The normalized spacial score (nSPS) is 16.0. The van der Waals surface area contributed by atoms with Crippen LogP contribution in [-0.4, -0.2) is 55.7 Å². The lowest BCUT2D eigenvalue weighted by Crippen LogP contribution is -2.50. The van der Waals surface area contributed by atoms with E-state index in [0.717, 1.165) is 16.9 Å². The van der Waals surface area contributed by atoms with Gasteiger partial charge in [-0.1, -0.05) is 41.4 Å². The smallest absolute Gasteiger partial charge is 0.243 e. The molecule has 1 atom stereocenters. The van der Waals surface area contributed by atoms with Crippen LogP contribution in [0.15, 0.2) is 53.4 Å². The molecule has 2 aromatic rings. The minimum Gasteiger partial charge on any atom is -0.350 e. The van der Waals surface area contributed by atoms with Gasteiger partial charge in [-0.25, -0.2) is 8.42 Å². The van der Waals surface area contributed by atoms with Crippen LogP contribution in [0.4, 0.5) is 0 Å². The van der Waals surface area contributed by atoms with E-state index < -0.39 is 16.1 Å². The maximum absolute atomic E-state index is 13.0. The first-order chi connectivity index (χ1) is 16.7. The summed E-state index contributed by atoms with van der Waals surface area (Å²) in [7, 11) is -3.59. The zero-order valence-corrected chi connectivity index (χ0v) is 22.4. The lowest BCUT2D eigenvalue weighted by Gasteiger charge is -2.31. The summed E-state index contributed by atoms with van der Waals surface area (Å²) < 4.78 is 27.3. The number of halogens is 1. The Balaban J connectivity index is 1.55. The highest BCUT2D eigenvalue weighted by molar-refractivity contribution is 7.98. The van der Waals surface area contributed by atoms with Crippen molar-refractivity contribution in [2.24, 2.45) is 5.92 Å². The van der Waals surface area contributed by atoms with Gasteiger partial charge in [0, 0.05) is 30.6 Å². The van der Waals surface area contributed by atoms with Crippen molar-refractivity contribution in [3.63, 3.8) is 0 Å². The van der Waals surface area contributed by atoms with Crippen molar-refractivity contribution >= 4 is 45.2 Å². The quantitative estimate of drug-likeness (QED) is 0.483. The molecule has 1 unspecified atom stereocenters. The molecule has 1 aliphatic heterocycles. The Morgan fingerprint density at radius 2 is 1.71 bits per heavy atom. The molecule has 190 valence electrons. The molecule has 35 heavy (non-hydrogen) atoms. The first-order valence-corrected chi connectivity index (χ1v) is 14.8. The fourth-order valence-electron chi connectivity index (χ4n) is 3.93. The van der Waals surface area contributed by atoms with Gasteiger partial charge in [-0.3, -0.25) is 9.59 Å². The summed E-state index contributed by atoms with van der Waals surface area (Å²) in [6, 6.07) is 13.4. The second-order valence-electron chi connectivity index (χ2n) is 8.68. The van der Waals surface area contributed by atoms with Crippen molar-refractivity contribution in [1.29, 1.82) is 0 Å². The van der Waals surface area contributed by atoms with Crippen LogP contribution in [0.3, 0.4) is 0 Å². The third kappa shape index (κ3) is 7.70. The Hall–Kier alpha value is -2.07. The van der Waals surface area contributed by atoms with Crippen molar-refractivity contribution in [3.05, 3.63) is 64.7 Å². The largest absolute Gasteiger partial charge is 0.350 e. The minimum absolute atomic E-state index is 0.204. The Morgan fingerprint density at radius 3 is 2.31 bits per heavy atom. The summed E-state index contributed by atoms with van der Waals surface area (Å²) in [5, 5.41) is 6.42. The summed E-state index contributed by atoms with van der Waals surface area (Å²) in [6.45, 7) is 2.79. The number of thioether (sulfide) groups is 1. The molecule has 1 heterocycles. The first-order valence-electron chi connectivity index (χ1n) is 11.6. The third-order valence-electron chi connectivity index (χ3n) is 6.11. The van der Waals surface area contributed by atoms with Crippen LogP contribution >= 0.6 is 23.4 Å². The fraction of sp³-hybridized carbons (Fsp3) is 0.440. The summed E-state index contributed by atoms with van der Waals surface area (Å²) >= 11 is 7.52. The Morgan fingerprint density at radius 1 is 1.09 bits per heavy atom. The SMILES string of the molecule is CSCCC(NC(=O)C1CCN(S(=O)(=O)c2ccc(C)cc2)CC1)C(=O)NCc1ccc(Cl)cc1. The average molecular weight is 538 g/mol. The molecule has 0 bridgehead atoms. The summed E-state index contributed by atoms with van der Waals surface area (Å²) in [5.41, 5.74) is 1.91. The molecule has 0 aromatic heterocycles. The van der Waals surface area contributed by atoms with Gasteiger partial charge in [0.05, 0.1) is 4.90 Å². The second-order valence-corrected chi connectivity index (χ2v) is 12.0. The Labute approximate surface area is 217 Å². The number of hydrogen-bond acceptors (Lipinski definition) is 5. The number of aryl methyl sites for hydroxylation is 1. The van der Waals surface area contributed by atoms with Crippen LogP contribution < -0.4 is 10.6 Å². The van der Waals surface area contributed by atoms with Gasteiger partial charge in [0.2, 0.25) is 21.8 Å². The number of piperidine rings is 1. The van der Waals surface area contributed by atoms with E-state index in [1.54, 1.807) is 48.2 Å². The first kappa shape index (κ1) is 27.5. The summed E-state index contributed by atoms with van der Waals surface area (Å²) in [5.74, 6) is -0.0424. The zero-order valence-electron chi connectivity index (χ0n) is 20.0. The summed E-state index contributed by atoms with van der Waals surface area (Å²) in [4.78, 5) is 26.1. The van der Waals surface area contributed by atoms with E-state index in [1.165, 1.54) is 4.31 Å². The van der Waals surface area contributed by atoms with Crippen LogP contribution in [0.5, 0.6) is 0 Å². The van der Waals surface area contributed by atoms with Gasteiger partial charge < -0.3 is 10.6 Å². The van der Waals surface area contributed by atoms with Gasteiger partial charge in [0.25, 0.3) is 0 Å². The van der Waals surface area contributed by atoms with Crippen molar-refractivity contribution in [3.8, 4) is 0 Å². The van der Waals surface area contributed by atoms with Crippen molar-refractivity contribution in [2.75, 3.05) is 25.1 Å². The standard InChI is InChI=1S/C25H32ClN3O4S2/c1-18-3-9-22(10-4-18)35(32,33)29-14-11-20(12-15-29)24(30)28-23(13-16-34-2)25(31)27-17-19-5-7-21(26)8-6-19/h3-10,20,23H,11-17H2,1-2H3,(H,27,31)(H,28,30). The molecule has 1 aliphatic rings. The molecule has 0 aliphatic carbocycles. The zero-order chi connectivity index (χ0) is 25.4. The summed E-state index contributed by atoms with van der Waals surface area (Å²) in [6.07, 6.45) is 3.30. The maximum Gasteiger partial charge on any atom is 0.243 e. The number of benzene rings is 2. The van der Waals surface area contributed by atoms with Gasteiger partial charge in [-0.15, -0.1) is 0 Å². The van der Waals surface area contributed by atoms with E-state index in [0.29, 0.717) is 30.8 Å². The van der Waals surface area contributed by atoms with Gasteiger partial charge in [0.15, 0.2) is 0 Å². The molecule has 0 saturated carbocycles. The number of amides is 2. The van der Waals surface area contributed by atoms with E-state index in [1.807, 2.05) is 25.3 Å². The highest BCUT2D eigenvalue weighted by Crippen LogP contribution is 2.24. The molecule has 0 radical (unpaired) electrons. The maximum atomic E-state index is 13.0. The van der Waals surface area contributed by atoms with Crippen LogP contribution in [0, 0.1) is 12.8 Å². The molecule has 2 N–H and O–H groups in total. The molecule has 7 nitrogen and oxygen atoms in total. The number of nitrogens with one attached hydrogen (secondary N) is 2. The van der Waals surface area contributed by atoms with E-state index in [9.17, 15) is 18.0 Å². The Kier molecular flexibility index (Phi) is 10.0. The molecular weight excluding hydrogens is 506 g/mol. The molecule has 10 heteroatoms. The van der Waals surface area contributed by atoms with Gasteiger partial charge >= 0.3 is 0 Å². The van der Waals surface area contributed by atoms with Gasteiger partial charge in [-0.05, 0) is 68.0 Å². The number of sulfonamides is 1. The van der Waals surface area contributed by atoms with E-state index in [-0.39, 0.29) is 35.7 Å². The fourth-order valence-corrected chi connectivity index (χ4v) is 5.99. The van der Waals surface area contributed by atoms with E-state index in [2.05, 4.69) is 10.6 Å². The monoisotopic (exact) mass is 537 g/mol. The molecule has 0 spiro atoms. The number of carbonyl (C=O) groups is 2. The highest BCUT2D eigenvalue weighted by Gasteiger charge is 2.33. The van der Waals surface area contributed by atoms with Gasteiger partial charge in [0.1, 0.15) is 6.04 Å². The van der Waals surface area contributed by atoms with Crippen molar-refractivity contribution < 1.29 is 18.0 Å². The highest BCUT2D eigenvalue weighted by atomic mass is 35.5. The minimum atomic E-state index is -3.59. The third-order valence-corrected chi connectivity index (χ3v) is 8.92. The predicted molar refractivity (Wildman–Crippen MR) is 141 cm³/mol. The Bertz CT molecular complexity index is 1100. The lowest BCUT2D eigenvalue weighted by atomic mass is 9.96. The molecule has 1 saturated heterocycles. The van der Waals surface area contributed by atoms with Crippen molar-refractivity contribution in [1.82, 2.24) is 14.9 Å². The number of carbonyl (C=O) groups excluding carboxylic acids is 2. The van der Waals surface area contributed by atoms with E-state index in [4.69, 9.17) is 11.6 Å². The molecule has 2 aromatic carbocycles. The molecular formula is C25H32ClN3O4S2. The lowest BCUT2D eigenvalue weighted by molar-refractivity contribution is -0.132. The van der Waals surface area contributed by atoms with E-state index >= 15 is 0 Å². The second kappa shape index (κ2) is 12.8. The van der Waals surface area contributed by atoms with Crippen LogP contribution in [-0.2, 0) is 26.2 Å². The van der Waals surface area contributed by atoms with Gasteiger partial charge in [-0.2, -0.15) is 16.1 Å². The predicted octanol–water partition coefficient (Wildman–Crippen LogP) is 3.60.